The van der Waals surface area contributed by atoms with Gasteiger partial charge in [-0.3, -0.25) is 0 Å². The Bertz CT molecular complexity index is 466. The van der Waals surface area contributed by atoms with E-state index in [2.05, 4.69) is 0 Å². The zero-order chi connectivity index (χ0) is 11.8. The van der Waals surface area contributed by atoms with Crippen LogP contribution in [0.3, 0.4) is 0 Å². The summed E-state index contributed by atoms with van der Waals surface area (Å²) in [4.78, 5) is 0.357. The number of aryl methyl sites for hydroxylation is 1. The number of sulfonamides is 1. The lowest BCUT2D eigenvalue weighted by Crippen LogP contribution is -2.39. The van der Waals surface area contributed by atoms with Crippen LogP contribution in [0.25, 0.3) is 0 Å². The van der Waals surface area contributed by atoms with Crippen molar-refractivity contribution in [3.63, 3.8) is 0 Å². The molecule has 1 aromatic rings. The summed E-state index contributed by atoms with van der Waals surface area (Å²) in [5, 5.41) is 0. The van der Waals surface area contributed by atoms with E-state index in [1.807, 2.05) is 7.05 Å². The highest BCUT2D eigenvalue weighted by atomic mass is 32.2. The smallest absolute Gasteiger partial charge is 0.244 e. The minimum Gasteiger partial charge on any atom is -0.356 e. The van der Waals surface area contributed by atoms with E-state index in [0.717, 1.165) is 12.8 Å². The topological polar surface area (TPSA) is 68.3 Å². The van der Waals surface area contributed by atoms with Gasteiger partial charge in [0.2, 0.25) is 10.0 Å². The van der Waals surface area contributed by atoms with Crippen LogP contribution in [-0.4, -0.2) is 36.4 Å². The van der Waals surface area contributed by atoms with Crippen molar-refractivity contribution in [2.45, 2.75) is 23.8 Å². The average Bonchev–Trinajstić information content (AvgIpc) is 2.85. The quantitative estimate of drug-likeness (QED) is 0.821. The lowest BCUT2D eigenvalue weighted by atomic mass is 10.2. The summed E-state index contributed by atoms with van der Waals surface area (Å²) in [6.07, 6.45) is 5.12. The van der Waals surface area contributed by atoms with Crippen LogP contribution >= 0.6 is 0 Å². The summed E-state index contributed by atoms with van der Waals surface area (Å²) < 4.78 is 27.8. The summed E-state index contributed by atoms with van der Waals surface area (Å²) >= 11 is 0. The molecule has 6 heteroatoms. The third-order valence-electron chi connectivity index (χ3n) is 3.01. The van der Waals surface area contributed by atoms with Crippen molar-refractivity contribution in [3.05, 3.63) is 18.5 Å². The first-order valence-corrected chi connectivity index (χ1v) is 6.83. The zero-order valence-electron chi connectivity index (χ0n) is 9.33. The maximum absolute atomic E-state index is 12.3. The lowest BCUT2D eigenvalue weighted by molar-refractivity contribution is 0.393. The van der Waals surface area contributed by atoms with E-state index in [-0.39, 0.29) is 6.04 Å². The number of rotatable bonds is 3. The minimum atomic E-state index is -3.35. The minimum absolute atomic E-state index is 0.0368. The van der Waals surface area contributed by atoms with Gasteiger partial charge in [0.25, 0.3) is 0 Å². The Kier molecular flexibility index (Phi) is 3.05. The highest BCUT2D eigenvalue weighted by molar-refractivity contribution is 7.89. The second-order valence-electron chi connectivity index (χ2n) is 4.16. The van der Waals surface area contributed by atoms with E-state index in [1.54, 1.807) is 23.0 Å². The van der Waals surface area contributed by atoms with Gasteiger partial charge in [0.1, 0.15) is 0 Å². The molecule has 0 saturated carbocycles. The fraction of sp³-hybridized carbons (Fsp3) is 0.600. The SMILES string of the molecule is Cn1ccc(S(=O)(=O)N2CCCC2CN)c1. The molecule has 0 spiro atoms. The molecule has 1 fully saturated rings. The van der Waals surface area contributed by atoms with Crippen molar-refractivity contribution in [2.24, 2.45) is 12.8 Å². The maximum atomic E-state index is 12.3. The van der Waals surface area contributed by atoms with Crippen LogP contribution < -0.4 is 5.73 Å². The molecule has 2 rings (SSSR count). The van der Waals surface area contributed by atoms with E-state index < -0.39 is 10.0 Å². The van der Waals surface area contributed by atoms with Crippen LogP contribution in [0.2, 0.25) is 0 Å². The lowest BCUT2D eigenvalue weighted by Gasteiger charge is -2.22. The van der Waals surface area contributed by atoms with Crippen LogP contribution in [0.15, 0.2) is 23.4 Å². The molecule has 16 heavy (non-hydrogen) atoms. The maximum Gasteiger partial charge on any atom is 0.244 e. The standard InChI is InChI=1S/C10H17N3O2S/c1-12-6-4-10(8-12)16(14,15)13-5-2-3-9(13)7-11/h4,6,8-9H,2-3,5,7,11H2,1H3. The monoisotopic (exact) mass is 243 g/mol. The van der Waals surface area contributed by atoms with Gasteiger partial charge in [-0.15, -0.1) is 0 Å². The van der Waals surface area contributed by atoms with Crippen LogP contribution in [0.5, 0.6) is 0 Å². The Labute approximate surface area is 95.9 Å². The molecular formula is C10H17N3O2S. The van der Waals surface area contributed by atoms with Crippen molar-refractivity contribution < 1.29 is 8.42 Å². The number of nitrogens with zero attached hydrogens (tertiary/aromatic N) is 2. The molecule has 0 aliphatic carbocycles. The number of nitrogens with two attached hydrogens (primary N) is 1. The van der Waals surface area contributed by atoms with Gasteiger partial charge in [-0.1, -0.05) is 0 Å². The second kappa shape index (κ2) is 4.20. The third-order valence-corrected chi connectivity index (χ3v) is 4.94. The van der Waals surface area contributed by atoms with Crippen LogP contribution in [-0.2, 0) is 17.1 Å². The van der Waals surface area contributed by atoms with Gasteiger partial charge in [0.05, 0.1) is 4.90 Å². The molecule has 0 radical (unpaired) electrons. The molecule has 1 aromatic heterocycles. The van der Waals surface area contributed by atoms with Gasteiger partial charge in [-0.2, -0.15) is 4.31 Å². The highest BCUT2D eigenvalue weighted by Crippen LogP contribution is 2.25. The Morgan fingerprint density at radius 1 is 1.56 bits per heavy atom. The van der Waals surface area contributed by atoms with Crippen LogP contribution in [0, 0.1) is 0 Å². The Morgan fingerprint density at radius 2 is 2.31 bits per heavy atom. The second-order valence-corrected chi connectivity index (χ2v) is 6.05. The Balaban J connectivity index is 2.32. The van der Waals surface area contributed by atoms with Gasteiger partial charge in [-0.25, -0.2) is 8.42 Å². The number of aromatic nitrogens is 1. The fourth-order valence-electron chi connectivity index (χ4n) is 2.13. The predicted molar refractivity (Wildman–Crippen MR) is 61.4 cm³/mol. The molecule has 90 valence electrons. The molecule has 1 aliphatic rings. The van der Waals surface area contributed by atoms with Gasteiger partial charge in [0.15, 0.2) is 0 Å². The molecule has 0 bridgehead atoms. The van der Waals surface area contributed by atoms with Crippen molar-refractivity contribution in [1.29, 1.82) is 0 Å². The summed E-state index contributed by atoms with van der Waals surface area (Å²) in [7, 11) is -1.54. The van der Waals surface area contributed by atoms with Gasteiger partial charge in [-0.05, 0) is 18.9 Å². The van der Waals surface area contributed by atoms with Crippen molar-refractivity contribution in [1.82, 2.24) is 8.87 Å². The van der Waals surface area contributed by atoms with E-state index in [9.17, 15) is 8.42 Å². The first kappa shape index (κ1) is 11.6. The molecule has 0 aromatic carbocycles. The van der Waals surface area contributed by atoms with Crippen molar-refractivity contribution in [2.75, 3.05) is 13.1 Å². The molecule has 0 amide bonds. The van der Waals surface area contributed by atoms with Crippen molar-refractivity contribution in [3.8, 4) is 0 Å². The molecule has 1 aliphatic heterocycles. The Hall–Kier alpha value is -0.850. The van der Waals surface area contributed by atoms with Gasteiger partial charge in [0, 0.05) is 38.6 Å². The largest absolute Gasteiger partial charge is 0.356 e. The molecule has 1 atom stereocenters. The fourth-order valence-corrected chi connectivity index (χ4v) is 3.88. The van der Waals surface area contributed by atoms with Crippen LogP contribution in [0.4, 0.5) is 0 Å². The molecule has 1 saturated heterocycles. The van der Waals surface area contributed by atoms with E-state index >= 15 is 0 Å². The molecule has 5 nitrogen and oxygen atoms in total. The zero-order valence-corrected chi connectivity index (χ0v) is 10.2. The normalized spacial score (nSPS) is 22.8. The number of hydrogen-bond acceptors (Lipinski definition) is 3. The van der Waals surface area contributed by atoms with Crippen LogP contribution in [0.1, 0.15) is 12.8 Å². The first-order valence-electron chi connectivity index (χ1n) is 5.39. The van der Waals surface area contributed by atoms with Crippen molar-refractivity contribution >= 4 is 10.0 Å². The molecule has 2 heterocycles. The molecular weight excluding hydrogens is 226 g/mol. The van der Waals surface area contributed by atoms with E-state index in [4.69, 9.17) is 5.73 Å². The molecule has 2 N–H and O–H groups in total. The highest BCUT2D eigenvalue weighted by Gasteiger charge is 2.34. The van der Waals surface area contributed by atoms with E-state index in [1.165, 1.54) is 4.31 Å². The van der Waals surface area contributed by atoms with Gasteiger partial charge >= 0.3 is 0 Å². The van der Waals surface area contributed by atoms with Gasteiger partial charge < -0.3 is 10.3 Å². The van der Waals surface area contributed by atoms with E-state index in [0.29, 0.717) is 18.0 Å². The summed E-state index contributed by atoms with van der Waals surface area (Å²) in [5.41, 5.74) is 5.59. The summed E-state index contributed by atoms with van der Waals surface area (Å²) in [6, 6.07) is 1.59. The third kappa shape index (κ3) is 1.88. The molecule has 1 unspecified atom stereocenters. The first-order chi connectivity index (χ1) is 7.55. The predicted octanol–water partition coefficient (Wildman–Crippen LogP) is 0.137. The average molecular weight is 243 g/mol. The Morgan fingerprint density at radius 3 is 2.88 bits per heavy atom. The number of hydrogen-bond donors (Lipinski definition) is 1. The summed E-state index contributed by atoms with van der Waals surface area (Å²) in [6.45, 7) is 0.977. The summed E-state index contributed by atoms with van der Waals surface area (Å²) in [5.74, 6) is 0.